The number of pyridine rings is 1. The van der Waals surface area contributed by atoms with Gasteiger partial charge in [0.1, 0.15) is 0 Å². The van der Waals surface area contributed by atoms with Crippen LogP contribution in [0.5, 0.6) is 11.5 Å². The van der Waals surface area contributed by atoms with Gasteiger partial charge in [0.2, 0.25) is 6.79 Å². The first-order chi connectivity index (χ1) is 11.4. The second-order valence-corrected chi connectivity index (χ2v) is 5.08. The third kappa shape index (κ3) is 2.89. The van der Waals surface area contributed by atoms with Gasteiger partial charge < -0.3 is 20.1 Å². The number of fused-ring (bicyclic) bond motifs is 1. The van der Waals surface area contributed by atoms with Crippen molar-refractivity contribution >= 4 is 22.9 Å². The first-order valence-electron chi connectivity index (χ1n) is 7.32. The normalized spacial score (nSPS) is 12.0. The fourth-order valence-corrected chi connectivity index (χ4v) is 2.39. The molecule has 0 bridgehead atoms. The van der Waals surface area contributed by atoms with E-state index in [1.54, 1.807) is 6.20 Å². The molecule has 0 fully saturated rings. The lowest BCUT2D eigenvalue weighted by atomic mass is 10.2. The van der Waals surface area contributed by atoms with Gasteiger partial charge in [0.05, 0.1) is 5.69 Å². The highest BCUT2D eigenvalue weighted by Crippen LogP contribution is 2.35. The van der Waals surface area contributed by atoms with Crippen LogP contribution in [0.2, 0.25) is 0 Å². The fourth-order valence-electron chi connectivity index (χ4n) is 2.39. The first kappa shape index (κ1) is 13.5. The summed E-state index contributed by atoms with van der Waals surface area (Å²) in [5.74, 6) is 2.25. The summed E-state index contributed by atoms with van der Waals surface area (Å²) >= 11 is 0. The third-order valence-electron chi connectivity index (χ3n) is 3.50. The maximum atomic E-state index is 5.40. The molecule has 114 valence electrons. The summed E-state index contributed by atoms with van der Waals surface area (Å²) in [4.78, 5) is 4.42. The Bertz CT molecular complexity index is 822. The molecule has 4 rings (SSSR count). The summed E-state index contributed by atoms with van der Waals surface area (Å²) in [7, 11) is 0. The number of nitrogens with zero attached hydrogens (tertiary/aromatic N) is 1. The van der Waals surface area contributed by atoms with Gasteiger partial charge >= 0.3 is 0 Å². The van der Waals surface area contributed by atoms with Crippen LogP contribution in [-0.2, 0) is 0 Å². The van der Waals surface area contributed by atoms with Crippen molar-refractivity contribution in [3.63, 3.8) is 0 Å². The molecular weight excluding hydrogens is 290 g/mol. The van der Waals surface area contributed by atoms with Crippen LogP contribution in [-0.4, -0.2) is 11.8 Å². The minimum atomic E-state index is 0.267. The molecule has 2 heterocycles. The van der Waals surface area contributed by atoms with Gasteiger partial charge in [-0.3, -0.25) is 0 Å². The van der Waals surface area contributed by atoms with Gasteiger partial charge in [-0.2, -0.15) is 0 Å². The zero-order valence-electron chi connectivity index (χ0n) is 12.3. The Morgan fingerprint density at radius 1 is 0.783 bits per heavy atom. The summed E-state index contributed by atoms with van der Waals surface area (Å²) in [6, 6.07) is 19.6. The minimum Gasteiger partial charge on any atom is -0.454 e. The topological polar surface area (TPSA) is 55.4 Å². The van der Waals surface area contributed by atoms with Crippen LogP contribution in [0.3, 0.4) is 0 Å². The molecule has 23 heavy (non-hydrogen) atoms. The highest BCUT2D eigenvalue weighted by Gasteiger charge is 2.14. The van der Waals surface area contributed by atoms with Crippen molar-refractivity contribution in [2.24, 2.45) is 0 Å². The molecule has 5 heteroatoms. The molecule has 0 amide bonds. The van der Waals surface area contributed by atoms with E-state index >= 15 is 0 Å². The molecule has 1 aromatic heterocycles. The minimum absolute atomic E-state index is 0.267. The van der Waals surface area contributed by atoms with Crippen molar-refractivity contribution in [2.45, 2.75) is 0 Å². The first-order valence-corrected chi connectivity index (χ1v) is 7.32. The molecule has 0 saturated carbocycles. The Morgan fingerprint density at radius 3 is 2.57 bits per heavy atom. The van der Waals surface area contributed by atoms with E-state index in [0.29, 0.717) is 0 Å². The molecule has 0 aliphatic carbocycles. The fraction of sp³-hybridized carbons (Fsp3) is 0.0556. The van der Waals surface area contributed by atoms with Gasteiger partial charge in [-0.05, 0) is 36.4 Å². The molecule has 0 atom stereocenters. The van der Waals surface area contributed by atoms with Crippen LogP contribution in [0.1, 0.15) is 0 Å². The monoisotopic (exact) mass is 305 g/mol. The smallest absolute Gasteiger partial charge is 0.231 e. The number of hydrogen-bond acceptors (Lipinski definition) is 5. The van der Waals surface area contributed by atoms with Crippen molar-refractivity contribution in [3.8, 4) is 11.5 Å². The number of ether oxygens (including phenoxy) is 2. The van der Waals surface area contributed by atoms with Gasteiger partial charge in [-0.15, -0.1) is 0 Å². The number of para-hydroxylation sites is 1. The molecule has 2 N–H and O–H groups in total. The number of nitrogens with one attached hydrogen (secondary N) is 2. The lowest BCUT2D eigenvalue weighted by molar-refractivity contribution is 0.174. The lowest BCUT2D eigenvalue weighted by Gasteiger charge is -2.13. The summed E-state index contributed by atoms with van der Waals surface area (Å²) in [6.45, 7) is 0.267. The molecule has 1 aliphatic heterocycles. The summed E-state index contributed by atoms with van der Waals surface area (Å²) in [5, 5.41) is 6.68. The summed E-state index contributed by atoms with van der Waals surface area (Å²) in [5.41, 5.74) is 2.80. The molecular formula is C18H15N3O2. The number of rotatable bonds is 4. The molecule has 3 aromatic rings. The van der Waals surface area contributed by atoms with Crippen molar-refractivity contribution in [2.75, 3.05) is 17.4 Å². The number of aromatic nitrogens is 1. The Kier molecular flexibility index (Phi) is 3.44. The van der Waals surface area contributed by atoms with Crippen LogP contribution in [0.25, 0.3) is 0 Å². The molecule has 0 spiro atoms. The van der Waals surface area contributed by atoms with Crippen molar-refractivity contribution in [3.05, 3.63) is 66.9 Å². The van der Waals surface area contributed by atoms with Crippen molar-refractivity contribution in [1.82, 2.24) is 4.98 Å². The van der Waals surface area contributed by atoms with E-state index < -0.39 is 0 Å². The summed E-state index contributed by atoms with van der Waals surface area (Å²) < 4.78 is 10.7. The van der Waals surface area contributed by atoms with E-state index in [1.807, 2.05) is 60.7 Å². The maximum absolute atomic E-state index is 5.40. The highest BCUT2D eigenvalue weighted by atomic mass is 16.7. The zero-order chi connectivity index (χ0) is 15.5. The Balaban J connectivity index is 1.59. The second-order valence-electron chi connectivity index (χ2n) is 5.08. The van der Waals surface area contributed by atoms with Crippen molar-refractivity contribution < 1.29 is 9.47 Å². The quantitative estimate of drug-likeness (QED) is 0.752. The van der Waals surface area contributed by atoms with E-state index in [0.717, 1.165) is 34.4 Å². The van der Waals surface area contributed by atoms with Crippen LogP contribution in [0.4, 0.5) is 22.9 Å². The van der Waals surface area contributed by atoms with Gasteiger partial charge in [-0.25, -0.2) is 4.98 Å². The molecule has 0 unspecified atom stereocenters. The largest absolute Gasteiger partial charge is 0.454 e. The Labute approximate surface area is 133 Å². The predicted octanol–water partition coefficient (Wildman–Crippen LogP) is 4.30. The summed E-state index contributed by atoms with van der Waals surface area (Å²) in [6.07, 6.45) is 1.76. The number of benzene rings is 2. The highest BCUT2D eigenvalue weighted by molar-refractivity contribution is 5.75. The molecule has 0 radical (unpaired) electrons. The third-order valence-corrected chi connectivity index (χ3v) is 3.50. The van der Waals surface area contributed by atoms with E-state index in [2.05, 4.69) is 15.6 Å². The van der Waals surface area contributed by atoms with Crippen molar-refractivity contribution in [1.29, 1.82) is 0 Å². The van der Waals surface area contributed by atoms with Gasteiger partial charge in [-0.1, -0.05) is 18.2 Å². The molecule has 2 aromatic carbocycles. The van der Waals surface area contributed by atoms with Gasteiger partial charge in [0, 0.05) is 23.6 Å². The average Bonchev–Trinajstić information content (AvgIpc) is 3.05. The Hall–Kier alpha value is -3.21. The molecule has 1 aliphatic rings. The van der Waals surface area contributed by atoms with E-state index in [-0.39, 0.29) is 6.79 Å². The van der Waals surface area contributed by atoms with Crippen LogP contribution in [0, 0.1) is 0 Å². The standard InChI is InChI=1S/C18H15N3O2/c1-2-5-13(6-3-1)20-15-7-4-10-19-18(15)21-14-8-9-16-17(11-14)23-12-22-16/h1-11,20H,12H2,(H,19,21). The SMILES string of the molecule is c1ccc(Nc2cccnc2Nc2ccc3c(c2)OCO3)cc1. The average molecular weight is 305 g/mol. The van der Waals surface area contributed by atoms with Crippen LogP contribution >= 0.6 is 0 Å². The van der Waals surface area contributed by atoms with E-state index in [1.165, 1.54) is 0 Å². The lowest BCUT2D eigenvalue weighted by Crippen LogP contribution is -1.99. The number of hydrogen-bond donors (Lipinski definition) is 2. The Morgan fingerprint density at radius 2 is 1.65 bits per heavy atom. The van der Waals surface area contributed by atoms with E-state index in [9.17, 15) is 0 Å². The maximum Gasteiger partial charge on any atom is 0.231 e. The van der Waals surface area contributed by atoms with Crippen LogP contribution in [0.15, 0.2) is 66.9 Å². The molecule has 5 nitrogen and oxygen atoms in total. The predicted molar refractivity (Wildman–Crippen MR) is 89.8 cm³/mol. The number of anilines is 4. The zero-order valence-corrected chi connectivity index (χ0v) is 12.3. The van der Waals surface area contributed by atoms with Gasteiger partial charge in [0.15, 0.2) is 17.3 Å². The van der Waals surface area contributed by atoms with Gasteiger partial charge in [0.25, 0.3) is 0 Å². The van der Waals surface area contributed by atoms with Crippen LogP contribution < -0.4 is 20.1 Å². The second kappa shape index (κ2) is 5.88. The van der Waals surface area contributed by atoms with E-state index in [4.69, 9.17) is 9.47 Å². The molecule has 0 saturated heterocycles.